The van der Waals surface area contributed by atoms with Crippen molar-refractivity contribution in [3.8, 4) is 0 Å². The topological polar surface area (TPSA) is 25.8 Å². The third-order valence-electron chi connectivity index (χ3n) is 8.05. The third kappa shape index (κ3) is 3.56. The van der Waals surface area contributed by atoms with Gasteiger partial charge in [-0.25, -0.2) is 0 Å². The van der Waals surface area contributed by atoms with Crippen LogP contribution in [0.1, 0.15) is 87.4 Å². The number of pyridine rings is 2. The normalized spacial score (nSPS) is 19.3. The van der Waals surface area contributed by atoms with Gasteiger partial charge in [0.05, 0.1) is 22.4 Å². The number of para-hydroxylation sites is 2. The van der Waals surface area contributed by atoms with Gasteiger partial charge >= 0.3 is 0 Å². The first-order valence-electron chi connectivity index (χ1n) is 13.1. The Morgan fingerprint density at radius 3 is 1.38 bits per heavy atom. The van der Waals surface area contributed by atoms with E-state index in [2.05, 4.69) is 48.5 Å². The van der Waals surface area contributed by atoms with Crippen molar-refractivity contribution < 1.29 is 0 Å². The van der Waals surface area contributed by atoms with E-state index in [0.717, 1.165) is 11.0 Å². The number of hydrogen-bond acceptors (Lipinski definition) is 4. The lowest BCUT2D eigenvalue weighted by atomic mass is 9.86. The first-order valence-corrected chi connectivity index (χ1v) is 14.7. The van der Waals surface area contributed by atoms with Gasteiger partial charge in [0.25, 0.3) is 0 Å². The lowest BCUT2D eigenvalue weighted by molar-refractivity contribution is 0.430. The van der Waals surface area contributed by atoms with Gasteiger partial charge < -0.3 is 0 Å². The average molecular weight is 483 g/mol. The Bertz CT molecular complexity index is 1280. The predicted molar refractivity (Wildman–Crippen MR) is 143 cm³/mol. The highest BCUT2D eigenvalue weighted by Gasteiger charge is 2.33. The zero-order chi connectivity index (χ0) is 22.5. The minimum absolute atomic E-state index is 0.591. The molecule has 7 rings (SSSR count). The van der Waals surface area contributed by atoms with E-state index in [1.54, 1.807) is 0 Å². The lowest BCUT2D eigenvalue weighted by Gasteiger charge is -2.31. The van der Waals surface area contributed by atoms with Crippen LogP contribution in [-0.4, -0.2) is 9.97 Å². The monoisotopic (exact) mass is 482 g/mol. The fraction of sp³-hybridized carbons (Fsp3) is 0.400. The van der Waals surface area contributed by atoms with Gasteiger partial charge in [0.2, 0.25) is 0 Å². The summed E-state index contributed by atoms with van der Waals surface area (Å²) < 4.78 is 0. The van der Waals surface area contributed by atoms with Gasteiger partial charge in [0.15, 0.2) is 0 Å². The second kappa shape index (κ2) is 8.87. The summed E-state index contributed by atoms with van der Waals surface area (Å²) in [5, 5.41) is 2.61. The van der Waals surface area contributed by atoms with E-state index in [1.165, 1.54) is 106 Å². The third-order valence-corrected chi connectivity index (χ3v) is 10.8. The van der Waals surface area contributed by atoms with Gasteiger partial charge in [-0.2, -0.15) is 0 Å². The number of nitrogens with zero attached hydrogens (tertiary/aromatic N) is 2. The fourth-order valence-corrected chi connectivity index (χ4v) is 9.18. The van der Waals surface area contributed by atoms with Gasteiger partial charge in [0.1, 0.15) is 0 Å². The Morgan fingerprint density at radius 1 is 0.500 bits per heavy atom. The number of fused-ring (bicyclic) bond motifs is 6. The Hall–Kier alpha value is -2.04. The van der Waals surface area contributed by atoms with Crippen molar-refractivity contribution >= 4 is 45.3 Å². The Balaban J connectivity index is 1.46. The largest absolute Gasteiger partial charge is 0.251 e. The van der Waals surface area contributed by atoms with Crippen molar-refractivity contribution in [1.82, 2.24) is 9.97 Å². The van der Waals surface area contributed by atoms with Crippen LogP contribution in [0.5, 0.6) is 0 Å². The lowest BCUT2D eigenvalue weighted by Crippen LogP contribution is -2.13. The van der Waals surface area contributed by atoms with E-state index < -0.39 is 0 Å². The van der Waals surface area contributed by atoms with Crippen molar-refractivity contribution in [2.75, 3.05) is 0 Å². The highest BCUT2D eigenvalue weighted by atomic mass is 32.2. The highest BCUT2D eigenvalue weighted by molar-refractivity contribution is 8.05. The van der Waals surface area contributed by atoms with Crippen LogP contribution in [0.4, 0.5) is 0 Å². The maximum atomic E-state index is 5.34. The molecule has 0 unspecified atom stereocenters. The summed E-state index contributed by atoms with van der Waals surface area (Å²) in [6.45, 7) is 0. The van der Waals surface area contributed by atoms with Crippen LogP contribution in [0.2, 0.25) is 0 Å². The Labute approximate surface area is 210 Å². The second-order valence-corrected chi connectivity index (χ2v) is 12.3. The summed E-state index contributed by atoms with van der Waals surface area (Å²) >= 11 is 4.00. The zero-order valence-electron chi connectivity index (χ0n) is 19.6. The molecule has 172 valence electrons. The molecule has 2 nitrogen and oxygen atoms in total. The number of rotatable bonds is 2. The van der Waals surface area contributed by atoms with Gasteiger partial charge in [-0.3, -0.25) is 9.97 Å². The van der Waals surface area contributed by atoms with Gasteiger partial charge in [0, 0.05) is 42.2 Å². The van der Waals surface area contributed by atoms with E-state index in [-0.39, 0.29) is 0 Å². The summed E-state index contributed by atoms with van der Waals surface area (Å²) in [6, 6.07) is 17.6. The van der Waals surface area contributed by atoms with Crippen LogP contribution in [-0.2, 0) is 0 Å². The molecule has 3 aliphatic rings. The molecule has 4 heteroatoms. The Kier molecular flexibility index (Phi) is 5.55. The van der Waals surface area contributed by atoms with Crippen LogP contribution in [0.15, 0.2) is 68.1 Å². The molecule has 0 bridgehead atoms. The van der Waals surface area contributed by atoms with E-state index in [9.17, 15) is 0 Å². The van der Waals surface area contributed by atoms with E-state index in [0.29, 0.717) is 11.8 Å². The highest BCUT2D eigenvalue weighted by Crippen LogP contribution is 2.57. The smallest absolute Gasteiger partial charge is 0.0717 e. The zero-order valence-corrected chi connectivity index (χ0v) is 21.2. The van der Waals surface area contributed by atoms with Crippen LogP contribution in [0.25, 0.3) is 21.8 Å². The number of aromatic nitrogens is 2. The summed E-state index contributed by atoms with van der Waals surface area (Å²) in [6.07, 6.45) is 13.2. The molecule has 0 atom stereocenters. The van der Waals surface area contributed by atoms with Gasteiger partial charge in [-0.15, -0.1) is 0 Å². The summed E-state index contributed by atoms with van der Waals surface area (Å²) in [5.41, 5.74) is 5.03. The Morgan fingerprint density at radius 2 is 0.912 bits per heavy atom. The standard InChI is InChI=1S/C30H30N2S2/c1-3-11-19(12-4-1)25-29-27(21-15-7-9-17-23(21)31-25)33-28-22-16-8-10-18-24(22)32-26(30(28)34-29)20-13-5-2-6-14-20/h7-10,15-20H,1-6,11-14H2. The van der Waals surface area contributed by atoms with Crippen LogP contribution >= 0.6 is 23.5 Å². The SMILES string of the molecule is c1ccc2c3c(c(C4CCCCC4)nc2c1)Sc1c(C2CCCCC2)nc2ccccc2c1S3. The van der Waals surface area contributed by atoms with Crippen molar-refractivity contribution in [1.29, 1.82) is 0 Å². The van der Waals surface area contributed by atoms with Crippen LogP contribution in [0.3, 0.4) is 0 Å². The number of benzene rings is 2. The molecule has 0 amide bonds. The van der Waals surface area contributed by atoms with Crippen molar-refractivity contribution in [3.05, 3.63) is 59.9 Å². The average Bonchev–Trinajstić information content (AvgIpc) is 2.92. The van der Waals surface area contributed by atoms with Crippen LogP contribution < -0.4 is 0 Å². The van der Waals surface area contributed by atoms with Gasteiger partial charge in [-0.05, 0) is 37.8 Å². The van der Waals surface area contributed by atoms with Crippen LogP contribution in [0, 0.1) is 0 Å². The maximum absolute atomic E-state index is 5.34. The fourth-order valence-electron chi connectivity index (χ4n) is 6.27. The van der Waals surface area contributed by atoms with Crippen molar-refractivity contribution in [2.45, 2.75) is 95.6 Å². The maximum Gasteiger partial charge on any atom is 0.0717 e. The molecule has 4 aromatic rings. The molecule has 2 aliphatic carbocycles. The summed E-state index contributed by atoms with van der Waals surface area (Å²) in [5.74, 6) is 1.18. The van der Waals surface area contributed by atoms with Crippen molar-refractivity contribution in [2.24, 2.45) is 0 Å². The van der Waals surface area contributed by atoms with Crippen molar-refractivity contribution in [3.63, 3.8) is 0 Å². The number of hydrogen-bond donors (Lipinski definition) is 0. The first-order chi connectivity index (χ1) is 16.9. The molecule has 2 saturated carbocycles. The molecule has 0 saturated heterocycles. The van der Waals surface area contributed by atoms with Gasteiger partial charge in [-0.1, -0.05) is 98.4 Å². The second-order valence-electron chi connectivity index (χ2n) is 10.2. The minimum atomic E-state index is 0.591. The molecule has 0 radical (unpaired) electrons. The molecule has 0 spiro atoms. The molecule has 2 aromatic carbocycles. The molecule has 3 heterocycles. The molecular weight excluding hydrogens is 452 g/mol. The summed E-state index contributed by atoms with van der Waals surface area (Å²) in [4.78, 5) is 16.4. The van der Waals surface area contributed by atoms with E-state index in [4.69, 9.17) is 9.97 Å². The van der Waals surface area contributed by atoms with E-state index >= 15 is 0 Å². The molecule has 2 aromatic heterocycles. The molecule has 2 fully saturated rings. The molecule has 1 aliphatic heterocycles. The van der Waals surface area contributed by atoms with E-state index in [1.807, 2.05) is 23.5 Å². The minimum Gasteiger partial charge on any atom is -0.251 e. The summed E-state index contributed by atoms with van der Waals surface area (Å²) in [7, 11) is 0. The first kappa shape index (κ1) is 21.3. The quantitative estimate of drug-likeness (QED) is 0.250. The predicted octanol–water partition coefficient (Wildman–Crippen LogP) is 9.49. The molecular formula is C30H30N2S2. The molecule has 0 N–H and O–H groups in total. The molecule has 34 heavy (non-hydrogen) atoms.